The van der Waals surface area contributed by atoms with E-state index < -0.39 is 0 Å². The number of amides is 1. The normalized spacial score (nSPS) is 41.4. The number of hydrogen-bond acceptors (Lipinski definition) is 2. The molecule has 35 heavy (non-hydrogen) atoms. The van der Waals surface area contributed by atoms with E-state index in [2.05, 4.69) is 26.1 Å². The van der Waals surface area contributed by atoms with Gasteiger partial charge in [-0.25, -0.2) is 4.39 Å². The van der Waals surface area contributed by atoms with Crippen molar-refractivity contribution in [3.63, 3.8) is 0 Å². The molecule has 0 spiro atoms. The van der Waals surface area contributed by atoms with Gasteiger partial charge in [0, 0.05) is 12.1 Å². The molecule has 5 rings (SSSR count). The summed E-state index contributed by atoms with van der Waals surface area (Å²) in [5.74, 6) is 4.12. The molecule has 4 saturated carbocycles. The Hall–Kier alpha value is -1.42. The lowest BCUT2D eigenvalue weighted by molar-refractivity contribution is -0.129. The van der Waals surface area contributed by atoms with Crippen molar-refractivity contribution in [2.24, 2.45) is 46.3 Å². The van der Waals surface area contributed by atoms with Crippen LogP contribution in [-0.4, -0.2) is 17.1 Å². The van der Waals surface area contributed by atoms with Crippen LogP contribution in [0.1, 0.15) is 97.0 Å². The number of carbonyl (C=O) groups is 1. The molecule has 0 saturated heterocycles. The second-order valence-corrected chi connectivity index (χ2v) is 13.3. The van der Waals surface area contributed by atoms with Crippen LogP contribution in [0.25, 0.3) is 0 Å². The molecular weight excluding hydrogens is 437 g/mol. The first-order valence-corrected chi connectivity index (χ1v) is 14.4. The second kappa shape index (κ2) is 9.47. The molecule has 4 heteroatoms. The quantitative estimate of drug-likeness (QED) is 0.455. The maximum Gasteiger partial charge on any atom is 0.224 e. The van der Waals surface area contributed by atoms with E-state index in [0.29, 0.717) is 40.7 Å². The van der Waals surface area contributed by atoms with Gasteiger partial charge in [-0.3, -0.25) is 4.79 Å². The van der Waals surface area contributed by atoms with Crippen molar-refractivity contribution in [2.45, 2.75) is 104 Å². The van der Waals surface area contributed by atoms with Gasteiger partial charge < -0.3 is 10.4 Å². The van der Waals surface area contributed by atoms with Crippen LogP contribution in [0.15, 0.2) is 18.2 Å². The Labute approximate surface area is 211 Å². The van der Waals surface area contributed by atoms with E-state index >= 15 is 0 Å². The first-order chi connectivity index (χ1) is 16.6. The van der Waals surface area contributed by atoms with Crippen LogP contribution in [0.2, 0.25) is 0 Å². The zero-order valence-electron chi connectivity index (χ0n) is 22.3. The summed E-state index contributed by atoms with van der Waals surface area (Å²) in [6.07, 6.45) is 12.6. The highest BCUT2D eigenvalue weighted by Gasteiger charge is 2.60. The molecule has 4 aliphatic carbocycles. The Morgan fingerprint density at radius 3 is 2.63 bits per heavy atom. The Balaban J connectivity index is 1.21. The van der Waals surface area contributed by atoms with Crippen LogP contribution < -0.4 is 5.32 Å². The van der Waals surface area contributed by atoms with Gasteiger partial charge in [-0.15, -0.1) is 0 Å². The van der Waals surface area contributed by atoms with E-state index in [1.807, 2.05) is 6.92 Å². The third-order valence-corrected chi connectivity index (χ3v) is 11.7. The monoisotopic (exact) mass is 483 g/mol. The van der Waals surface area contributed by atoms with Crippen LogP contribution in [-0.2, 0) is 4.79 Å². The number of rotatable bonds is 5. The lowest BCUT2D eigenvalue weighted by atomic mass is 9.44. The van der Waals surface area contributed by atoms with Crippen molar-refractivity contribution in [1.82, 2.24) is 0 Å². The Bertz CT molecular complexity index is 948. The van der Waals surface area contributed by atoms with Gasteiger partial charge in [-0.2, -0.15) is 0 Å². The fourth-order valence-corrected chi connectivity index (χ4v) is 9.71. The van der Waals surface area contributed by atoms with E-state index in [1.165, 1.54) is 57.1 Å². The molecule has 0 aromatic heterocycles. The Kier molecular flexibility index (Phi) is 6.83. The van der Waals surface area contributed by atoms with Gasteiger partial charge in [0.15, 0.2) is 0 Å². The van der Waals surface area contributed by atoms with Crippen LogP contribution in [0.3, 0.4) is 0 Å². The molecule has 2 N–H and O–H groups in total. The van der Waals surface area contributed by atoms with Crippen molar-refractivity contribution < 1.29 is 14.3 Å². The number of aliphatic hydroxyl groups is 1. The molecule has 4 aliphatic rings. The molecule has 194 valence electrons. The largest absolute Gasteiger partial charge is 0.393 e. The smallest absolute Gasteiger partial charge is 0.224 e. The molecule has 4 fully saturated rings. The fraction of sp³-hybridized carbons (Fsp3) is 0.774. The molecule has 1 aromatic carbocycles. The average molecular weight is 484 g/mol. The summed E-state index contributed by atoms with van der Waals surface area (Å²) in [6.45, 7) is 9.41. The SMILES string of the molecule is Cc1ccc(F)cc1NC(=O)CC[C@@H](C)[C@H]1CC[C@H]2[C@@H]3CC[C@@H]4C[C@H](O)CC[C@]4(C)[C@H]3CC[C@]12C. The molecule has 0 unspecified atom stereocenters. The first kappa shape index (κ1) is 25.2. The van der Waals surface area contributed by atoms with Crippen LogP contribution in [0, 0.1) is 59.1 Å². The molecule has 3 nitrogen and oxygen atoms in total. The highest BCUT2D eigenvalue weighted by atomic mass is 19.1. The number of benzene rings is 1. The maximum absolute atomic E-state index is 13.6. The third-order valence-electron chi connectivity index (χ3n) is 11.7. The predicted molar refractivity (Wildman–Crippen MR) is 139 cm³/mol. The molecular formula is C31H46FNO2. The summed E-state index contributed by atoms with van der Waals surface area (Å²) in [5, 5.41) is 13.2. The summed E-state index contributed by atoms with van der Waals surface area (Å²) in [6, 6.07) is 4.57. The molecule has 0 bridgehead atoms. The third kappa shape index (κ3) is 4.47. The van der Waals surface area contributed by atoms with E-state index in [0.717, 1.165) is 42.6 Å². The molecule has 1 amide bonds. The number of anilines is 1. The first-order valence-electron chi connectivity index (χ1n) is 14.4. The Morgan fingerprint density at radius 2 is 1.83 bits per heavy atom. The zero-order valence-corrected chi connectivity index (χ0v) is 22.3. The second-order valence-electron chi connectivity index (χ2n) is 13.3. The molecule has 0 radical (unpaired) electrons. The van der Waals surface area contributed by atoms with E-state index in [1.54, 1.807) is 6.07 Å². The number of hydrogen-bond donors (Lipinski definition) is 2. The number of aryl methyl sites for hydroxylation is 1. The van der Waals surface area contributed by atoms with Crippen molar-refractivity contribution in [1.29, 1.82) is 0 Å². The number of nitrogens with one attached hydrogen (secondary N) is 1. The number of aliphatic hydroxyl groups excluding tert-OH is 1. The lowest BCUT2D eigenvalue weighted by Crippen LogP contribution is -2.54. The summed E-state index contributed by atoms with van der Waals surface area (Å²) >= 11 is 0. The lowest BCUT2D eigenvalue weighted by Gasteiger charge is -2.61. The molecule has 0 heterocycles. The van der Waals surface area contributed by atoms with Gasteiger partial charge in [-0.1, -0.05) is 26.8 Å². The highest BCUT2D eigenvalue weighted by Crippen LogP contribution is 2.68. The van der Waals surface area contributed by atoms with Gasteiger partial charge in [0.1, 0.15) is 5.82 Å². The van der Waals surface area contributed by atoms with Crippen molar-refractivity contribution in [3.8, 4) is 0 Å². The summed E-state index contributed by atoms with van der Waals surface area (Å²) in [4.78, 5) is 12.7. The summed E-state index contributed by atoms with van der Waals surface area (Å²) in [7, 11) is 0. The average Bonchev–Trinajstić information content (AvgIpc) is 3.17. The van der Waals surface area contributed by atoms with E-state index in [-0.39, 0.29) is 17.8 Å². The van der Waals surface area contributed by atoms with Gasteiger partial charge in [0.05, 0.1) is 6.10 Å². The van der Waals surface area contributed by atoms with Crippen molar-refractivity contribution in [2.75, 3.05) is 5.32 Å². The van der Waals surface area contributed by atoms with Crippen molar-refractivity contribution in [3.05, 3.63) is 29.6 Å². The Morgan fingerprint density at radius 1 is 1.09 bits per heavy atom. The minimum absolute atomic E-state index is 0.000286. The minimum Gasteiger partial charge on any atom is -0.393 e. The minimum atomic E-state index is -0.313. The number of halogens is 1. The maximum atomic E-state index is 13.6. The van der Waals surface area contributed by atoms with E-state index in [9.17, 15) is 14.3 Å². The van der Waals surface area contributed by atoms with Gasteiger partial charge >= 0.3 is 0 Å². The standard InChI is InChI=1S/C31H46FNO2/c1-19(6-12-29(35)33-28-18-22(32)8-5-20(28)2)25-10-11-26-24-9-7-21-17-23(34)13-15-30(21,3)27(24)14-16-31(25,26)4/h5,8,18-19,21,23-27,34H,6-7,9-17H2,1-4H3,(H,33,35)/t19-,21-,23-,24+,25-,26+,27+,30+,31-/m1/s1. The van der Waals surface area contributed by atoms with Crippen molar-refractivity contribution >= 4 is 11.6 Å². The predicted octanol–water partition coefficient (Wildman–Crippen LogP) is 7.51. The number of carbonyl (C=O) groups excluding carboxylic acids is 1. The van der Waals surface area contributed by atoms with Crippen LogP contribution >= 0.6 is 0 Å². The summed E-state index contributed by atoms with van der Waals surface area (Å²) < 4.78 is 13.6. The van der Waals surface area contributed by atoms with E-state index in [4.69, 9.17) is 0 Å². The number of fused-ring (bicyclic) bond motifs is 5. The van der Waals surface area contributed by atoms with Gasteiger partial charge in [0.25, 0.3) is 0 Å². The van der Waals surface area contributed by atoms with Crippen LogP contribution in [0.4, 0.5) is 10.1 Å². The molecule has 0 aliphatic heterocycles. The summed E-state index contributed by atoms with van der Waals surface area (Å²) in [5.41, 5.74) is 2.31. The van der Waals surface area contributed by atoms with Gasteiger partial charge in [-0.05, 0) is 135 Å². The fourth-order valence-electron chi connectivity index (χ4n) is 9.71. The highest BCUT2D eigenvalue weighted by molar-refractivity contribution is 5.91. The topological polar surface area (TPSA) is 49.3 Å². The van der Waals surface area contributed by atoms with Gasteiger partial charge in [0.2, 0.25) is 5.91 Å². The molecule has 9 atom stereocenters. The zero-order chi connectivity index (χ0) is 25.0. The molecule has 1 aromatic rings. The van der Waals surface area contributed by atoms with Crippen LogP contribution in [0.5, 0.6) is 0 Å².